The molecule has 3 N–H and O–H groups in total. The van der Waals surface area contributed by atoms with Crippen molar-refractivity contribution in [3.05, 3.63) is 0 Å². The second-order valence-electron chi connectivity index (χ2n) is 3.65. The molecule has 0 spiro atoms. The van der Waals surface area contributed by atoms with Crippen molar-refractivity contribution in [3.8, 4) is 0 Å². The van der Waals surface area contributed by atoms with Crippen molar-refractivity contribution in [1.29, 1.82) is 0 Å². The van der Waals surface area contributed by atoms with Crippen LogP contribution < -0.4 is 5.32 Å². The van der Waals surface area contributed by atoms with Gasteiger partial charge in [0.05, 0.1) is 12.6 Å². The summed E-state index contributed by atoms with van der Waals surface area (Å²) in [7, 11) is 0. The molecule has 1 atom stereocenters. The number of amides is 1. The third kappa shape index (κ3) is 7.59. The summed E-state index contributed by atoms with van der Waals surface area (Å²) < 4.78 is 0. The highest BCUT2D eigenvalue weighted by Gasteiger charge is 2.09. The molecule has 0 rings (SSSR count). The molecule has 1 unspecified atom stereocenters. The Kier molecular flexibility index (Phi) is 6.32. The first-order valence-corrected chi connectivity index (χ1v) is 4.66. The van der Waals surface area contributed by atoms with E-state index in [1.54, 1.807) is 0 Å². The van der Waals surface area contributed by atoms with Gasteiger partial charge in [0.1, 0.15) is 0 Å². The lowest BCUT2D eigenvalue weighted by Gasteiger charge is -2.14. The van der Waals surface area contributed by atoms with Crippen LogP contribution in [0.25, 0.3) is 0 Å². The highest BCUT2D eigenvalue weighted by Crippen LogP contribution is 2.08. The average Bonchev–Trinajstić information content (AvgIpc) is 2.01. The number of hydrogen-bond acceptors (Lipinski definition) is 2. The van der Waals surface area contributed by atoms with E-state index >= 15 is 0 Å². The van der Waals surface area contributed by atoms with Gasteiger partial charge in [0.15, 0.2) is 0 Å². The smallest absolute Gasteiger partial charge is 0.404 e. The first kappa shape index (κ1) is 12.2. The van der Waals surface area contributed by atoms with Crippen LogP contribution in [0.4, 0.5) is 4.79 Å². The summed E-state index contributed by atoms with van der Waals surface area (Å²) in [4.78, 5) is 10.2. The topological polar surface area (TPSA) is 69.6 Å². The fourth-order valence-corrected chi connectivity index (χ4v) is 1.16. The minimum Gasteiger partial charge on any atom is -0.465 e. The lowest BCUT2D eigenvalue weighted by atomic mass is 10.0. The minimum absolute atomic E-state index is 0.121. The predicted molar refractivity (Wildman–Crippen MR) is 50.7 cm³/mol. The van der Waals surface area contributed by atoms with Crippen molar-refractivity contribution in [2.45, 2.75) is 39.2 Å². The fourth-order valence-electron chi connectivity index (χ4n) is 1.16. The van der Waals surface area contributed by atoms with Crippen LogP contribution in [0, 0.1) is 5.92 Å². The Hall–Kier alpha value is -0.770. The standard InChI is InChI=1S/C9H19NO3/c1-7(2)4-3-5-8(6-11)10-9(12)13/h7-8,10-11H,3-6H2,1-2H3,(H,12,13). The number of aliphatic hydroxyl groups excluding tert-OH is 1. The van der Waals surface area contributed by atoms with Crippen molar-refractivity contribution < 1.29 is 15.0 Å². The molecule has 0 fully saturated rings. The van der Waals surface area contributed by atoms with Crippen LogP contribution in [0.3, 0.4) is 0 Å². The Labute approximate surface area is 79.0 Å². The fraction of sp³-hybridized carbons (Fsp3) is 0.889. The van der Waals surface area contributed by atoms with Crippen molar-refractivity contribution in [2.24, 2.45) is 5.92 Å². The van der Waals surface area contributed by atoms with E-state index in [0.717, 1.165) is 12.8 Å². The van der Waals surface area contributed by atoms with E-state index in [4.69, 9.17) is 10.2 Å². The number of nitrogens with one attached hydrogen (secondary N) is 1. The summed E-state index contributed by atoms with van der Waals surface area (Å²) in [6, 6.07) is -0.309. The van der Waals surface area contributed by atoms with Crippen LogP contribution in [0.5, 0.6) is 0 Å². The van der Waals surface area contributed by atoms with Gasteiger partial charge in [0.2, 0.25) is 0 Å². The molecule has 0 heterocycles. The zero-order chi connectivity index (χ0) is 10.3. The maximum absolute atomic E-state index is 10.2. The molecule has 0 saturated heterocycles. The summed E-state index contributed by atoms with van der Waals surface area (Å²) in [6.07, 6.45) is 1.66. The van der Waals surface area contributed by atoms with Gasteiger partial charge < -0.3 is 15.5 Å². The summed E-state index contributed by atoms with van der Waals surface area (Å²) in [5, 5.41) is 19.5. The normalized spacial score (nSPS) is 12.9. The van der Waals surface area contributed by atoms with Crippen molar-refractivity contribution in [2.75, 3.05) is 6.61 Å². The van der Waals surface area contributed by atoms with Crippen LogP contribution in [0.1, 0.15) is 33.1 Å². The molecular weight excluding hydrogens is 170 g/mol. The minimum atomic E-state index is -1.07. The van der Waals surface area contributed by atoms with Crippen LogP contribution in [0.2, 0.25) is 0 Å². The van der Waals surface area contributed by atoms with E-state index in [1.807, 2.05) is 0 Å². The Morgan fingerprint density at radius 3 is 2.38 bits per heavy atom. The average molecular weight is 189 g/mol. The largest absolute Gasteiger partial charge is 0.465 e. The van der Waals surface area contributed by atoms with Crippen LogP contribution in [-0.2, 0) is 0 Å². The monoisotopic (exact) mass is 189 g/mol. The van der Waals surface area contributed by atoms with E-state index in [0.29, 0.717) is 12.3 Å². The molecule has 13 heavy (non-hydrogen) atoms. The number of carbonyl (C=O) groups is 1. The molecule has 0 aliphatic rings. The first-order valence-electron chi connectivity index (χ1n) is 4.66. The molecule has 0 radical (unpaired) electrons. The maximum atomic E-state index is 10.2. The maximum Gasteiger partial charge on any atom is 0.404 e. The molecular formula is C9H19NO3. The number of hydrogen-bond donors (Lipinski definition) is 3. The number of aliphatic hydroxyl groups is 1. The van der Waals surface area contributed by atoms with E-state index in [2.05, 4.69) is 19.2 Å². The molecule has 4 heteroatoms. The van der Waals surface area contributed by atoms with Gasteiger partial charge in [0.25, 0.3) is 0 Å². The zero-order valence-corrected chi connectivity index (χ0v) is 8.29. The second-order valence-corrected chi connectivity index (χ2v) is 3.65. The highest BCUT2D eigenvalue weighted by molar-refractivity contribution is 5.64. The van der Waals surface area contributed by atoms with Gasteiger partial charge in [-0.3, -0.25) is 0 Å². The molecule has 0 aliphatic carbocycles. The summed E-state index contributed by atoms with van der Waals surface area (Å²) in [5.41, 5.74) is 0. The molecule has 0 saturated carbocycles. The first-order chi connectivity index (χ1) is 6.06. The van der Waals surface area contributed by atoms with Gasteiger partial charge in [-0.25, -0.2) is 4.79 Å². The molecule has 78 valence electrons. The molecule has 0 bridgehead atoms. The number of carboxylic acid groups (broad SMARTS) is 1. The lowest BCUT2D eigenvalue weighted by Crippen LogP contribution is -2.36. The van der Waals surface area contributed by atoms with Crippen LogP contribution >= 0.6 is 0 Å². The van der Waals surface area contributed by atoms with Crippen molar-refractivity contribution >= 4 is 6.09 Å². The van der Waals surface area contributed by atoms with Gasteiger partial charge in [-0.2, -0.15) is 0 Å². The van der Waals surface area contributed by atoms with E-state index in [1.165, 1.54) is 0 Å². The van der Waals surface area contributed by atoms with Crippen LogP contribution in [-0.4, -0.2) is 29.0 Å². The quantitative estimate of drug-likeness (QED) is 0.592. The van der Waals surface area contributed by atoms with Gasteiger partial charge in [-0.15, -0.1) is 0 Å². The van der Waals surface area contributed by atoms with Crippen LogP contribution in [0.15, 0.2) is 0 Å². The third-order valence-electron chi connectivity index (χ3n) is 1.88. The summed E-state index contributed by atoms with van der Waals surface area (Å²) in [5.74, 6) is 0.629. The lowest BCUT2D eigenvalue weighted by molar-refractivity contribution is 0.174. The molecule has 1 amide bonds. The van der Waals surface area contributed by atoms with Crippen molar-refractivity contribution in [1.82, 2.24) is 5.32 Å². The summed E-state index contributed by atoms with van der Waals surface area (Å²) >= 11 is 0. The Morgan fingerprint density at radius 1 is 1.38 bits per heavy atom. The molecule has 4 nitrogen and oxygen atoms in total. The van der Waals surface area contributed by atoms with Gasteiger partial charge >= 0.3 is 6.09 Å². The third-order valence-corrected chi connectivity index (χ3v) is 1.88. The molecule has 0 aromatic heterocycles. The molecule has 0 aromatic carbocycles. The zero-order valence-electron chi connectivity index (χ0n) is 8.29. The summed E-state index contributed by atoms with van der Waals surface area (Å²) in [6.45, 7) is 4.13. The molecule has 0 aromatic rings. The SMILES string of the molecule is CC(C)CCCC(CO)NC(=O)O. The van der Waals surface area contributed by atoms with Gasteiger partial charge in [-0.1, -0.05) is 26.7 Å². The van der Waals surface area contributed by atoms with Gasteiger partial charge in [0, 0.05) is 0 Å². The molecule has 0 aliphatic heterocycles. The Balaban J connectivity index is 3.53. The van der Waals surface area contributed by atoms with Gasteiger partial charge in [-0.05, 0) is 12.3 Å². The highest BCUT2D eigenvalue weighted by atomic mass is 16.4. The Morgan fingerprint density at radius 2 is 2.00 bits per heavy atom. The number of rotatable bonds is 6. The predicted octanol–water partition coefficient (Wildman–Crippen LogP) is 1.44. The van der Waals surface area contributed by atoms with Crippen molar-refractivity contribution in [3.63, 3.8) is 0 Å². The second kappa shape index (κ2) is 6.71. The van der Waals surface area contributed by atoms with E-state index in [9.17, 15) is 4.79 Å². The van der Waals surface area contributed by atoms with E-state index < -0.39 is 6.09 Å². The Bertz CT molecular complexity index is 148. The van der Waals surface area contributed by atoms with E-state index in [-0.39, 0.29) is 12.6 Å².